The number of piperidine rings is 1. The molecule has 1 aliphatic heterocycles. The summed E-state index contributed by atoms with van der Waals surface area (Å²) in [5.41, 5.74) is 9.54. The molecule has 0 radical (unpaired) electrons. The zero-order valence-corrected chi connectivity index (χ0v) is 26.0. The Bertz CT molecular complexity index is 1640. The van der Waals surface area contributed by atoms with Crippen LogP contribution in [0.1, 0.15) is 49.3 Å². The van der Waals surface area contributed by atoms with Crippen LogP contribution in [0, 0.1) is 11.7 Å². The molecule has 2 heterocycles. The molecule has 238 valence electrons. The second-order valence-corrected chi connectivity index (χ2v) is 11.9. The summed E-state index contributed by atoms with van der Waals surface area (Å²) in [6.07, 6.45) is 4.38. The van der Waals surface area contributed by atoms with Gasteiger partial charge in [0.1, 0.15) is 5.82 Å². The summed E-state index contributed by atoms with van der Waals surface area (Å²) in [5.74, 6) is -0.999. The van der Waals surface area contributed by atoms with E-state index in [0.717, 1.165) is 28.5 Å². The van der Waals surface area contributed by atoms with Crippen molar-refractivity contribution in [1.29, 1.82) is 0 Å². The van der Waals surface area contributed by atoms with Crippen molar-refractivity contribution in [2.24, 2.45) is 11.7 Å². The summed E-state index contributed by atoms with van der Waals surface area (Å²) in [6, 6.07) is 19.7. The van der Waals surface area contributed by atoms with Gasteiger partial charge in [0.25, 0.3) is 0 Å². The number of nitrogens with zero attached hydrogens (tertiary/aromatic N) is 1. The van der Waals surface area contributed by atoms with Crippen LogP contribution < -0.4 is 11.1 Å². The highest BCUT2D eigenvalue weighted by atomic mass is 19.1. The number of fused-ring (bicyclic) bond motifs is 1. The maximum Gasteiger partial charge on any atom is 0.406 e. The Morgan fingerprint density at radius 2 is 1.98 bits per heavy atom. The molecule has 0 spiro atoms. The number of carbonyl (C=O) groups excluding carboxylic acids is 2. The van der Waals surface area contributed by atoms with Gasteiger partial charge in [0.15, 0.2) is 0 Å². The molecule has 4 aromatic rings. The van der Waals surface area contributed by atoms with E-state index >= 15 is 4.39 Å². The average Bonchev–Trinajstić information content (AvgIpc) is 3.48. The van der Waals surface area contributed by atoms with Crippen molar-refractivity contribution in [2.45, 2.75) is 57.1 Å². The van der Waals surface area contributed by atoms with Crippen LogP contribution in [0.5, 0.6) is 0 Å². The Hall–Kier alpha value is -4.21. The van der Waals surface area contributed by atoms with Gasteiger partial charge in [0.2, 0.25) is 5.91 Å². The van der Waals surface area contributed by atoms with Gasteiger partial charge in [0, 0.05) is 48.7 Å². The number of hydrogen-bond acceptors (Lipinski definition) is 5. The highest BCUT2D eigenvalue weighted by molar-refractivity contribution is 5.86. The maximum absolute atomic E-state index is 15.7. The molecule has 5 N–H and O–H groups in total. The van der Waals surface area contributed by atoms with Crippen LogP contribution in [0.15, 0.2) is 72.9 Å². The monoisotopic (exact) mass is 614 g/mol. The fraction of sp³-hybridized carbons (Fsp3) is 0.389. The standard InChI is InChI=1S/C36H43FN4O4/c1-3-24-10-6-11-25(20-24)33-29(14-7-15-30(33)37)36(44,17-9-19-45-35(43)39-2)27-12-8-18-41(23-27)34(42)31(38)21-26-22-40-32-16-5-4-13-28(26)32/h4-7,10-11,13-16,20,22,27,31,40,44H,3,8-9,12,17-19,21,23,38H2,1-2H3,(H,39,43)/t27?,31-,36?/m1/s1. The first-order valence-electron chi connectivity index (χ1n) is 15.8. The fourth-order valence-electron chi connectivity index (χ4n) is 6.69. The van der Waals surface area contributed by atoms with Crippen LogP contribution in [-0.2, 0) is 28.0 Å². The molecule has 5 rings (SSSR count). The number of aromatic nitrogens is 1. The highest BCUT2D eigenvalue weighted by Gasteiger charge is 2.43. The third-order valence-electron chi connectivity index (χ3n) is 9.08. The Labute approximate surface area is 263 Å². The smallest absolute Gasteiger partial charge is 0.406 e. The SMILES string of the molecule is CCc1cccc(-c2c(F)cccc2C(O)(CCCOC(=O)NC)C2CCCN(C(=O)[C@H](N)Cc3c[nH]c4ccccc34)C2)c1. The van der Waals surface area contributed by atoms with Gasteiger partial charge < -0.3 is 30.8 Å². The molecule has 1 aromatic heterocycles. The number of H-pyrrole nitrogens is 1. The molecule has 1 saturated heterocycles. The van der Waals surface area contributed by atoms with Crippen molar-refractivity contribution in [1.82, 2.24) is 15.2 Å². The lowest BCUT2D eigenvalue weighted by atomic mass is 9.72. The van der Waals surface area contributed by atoms with Crippen molar-refractivity contribution >= 4 is 22.9 Å². The first-order valence-corrected chi connectivity index (χ1v) is 15.8. The van der Waals surface area contributed by atoms with Crippen LogP contribution in [-0.4, -0.2) is 59.8 Å². The number of para-hydroxylation sites is 1. The number of benzene rings is 3. The number of amides is 2. The summed E-state index contributed by atoms with van der Waals surface area (Å²) in [4.78, 5) is 30.4. The van der Waals surface area contributed by atoms with Gasteiger partial charge in [-0.1, -0.05) is 61.5 Å². The first kappa shape index (κ1) is 32.2. The molecule has 0 bridgehead atoms. The quantitative estimate of drug-likeness (QED) is 0.162. The summed E-state index contributed by atoms with van der Waals surface area (Å²) in [7, 11) is 1.49. The van der Waals surface area contributed by atoms with E-state index in [1.807, 2.05) is 61.7 Å². The number of nitrogens with one attached hydrogen (secondary N) is 2. The van der Waals surface area contributed by atoms with Gasteiger partial charge in [0.05, 0.1) is 18.2 Å². The minimum absolute atomic E-state index is 0.0861. The number of rotatable bonds is 11. The zero-order valence-electron chi connectivity index (χ0n) is 26.0. The van der Waals surface area contributed by atoms with E-state index in [1.54, 1.807) is 17.0 Å². The molecule has 3 aromatic carbocycles. The topological polar surface area (TPSA) is 121 Å². The average molecular weight is 615 g/mol. The predicted octanol–water partition coefficient (Wildman–Crippen LogP) is 5.67. The van der Waals surface area contributed by atoms with E-state index in [1.165, 1.54) is 13.1 Å². The molecule has 1 fully saturated rings. The maximum atomic E-state index is 15.7. The molecule has 2 amide bonds. The fourth-order valence-corrected chi connectivity index (χ4v) is 6.69. The second-order valence-electron chi connectivity index (χ2n) is 11.9. The van der Waals surface area contributed by atoms with E-state index in [-0.39, 0.29) is 25.5 Å². The molecule has 0 aliphatic carbocycles. The van der Waals surface area contributed by atoms with E-state index in [9.17, 15) is 14.7 Å². The lowest BCUT2D eigenvalue weighted by Gasteiger charge is -2.44. The molecule has 45 heavy (non-hydrogen) atoms. The minimum Gasteiger partial charge on any atom is -0.450 e. The minimum atomic E-state index is -1.51. The van der Waals surface area contributed by atoms with E-state index in [4.69, 9.17) is 10.5 Å². The van der Waals surface area contributed by atoms with Crippen LogP contribution in [0.4, 0.5) is 9.18 Å². The van der Waals surface area contributed by atoms with Gasteiger partial charge in [-0.05, 0) is 72.9 Å². The van der Waals surface area contributed by atoms with Gasteiger partial charge >= 0.3 is 6.09 Å². The first-order chi connectivity index (χ1) is 21.7. The predicted molar refractivity (Wildman–Crippen MR) is 174 cm³/mol. The molecule has 2 unspecified atom stereocenters. The van der Waals surface area contributed by atoms with Crippen molar-refractivity contribution in [2.75, 3.05) is 26.7 Å². The molecular formula is C36H43FN4O4. The van der Waals surface area contributed by atoms with Crippen molar-refractivity contribution < 1.29 is 23.8 Å². The van der Waals surface area contributed by atoms with Gasteiger partial charge in [-0.15, -0.1) is 0 Å². The zero-order chi connectivity index (χ0) is 32.0. The lowest BCUT2D eigenvalue weighted by molar-refractivity contribution is -0.138. The van der Waals surface area contributed by atoms with Crippen LogP contribution in [0.2, 0.25) is 0 Å². The van der Waals surface area contributed by atoms with E-state index in [0.29, 0.717) is 48.9 Å². The van der Waals surface area contributed by atoms with E-state index in [2.05, 4.69) is 10.3 Å². The number of likely N-dealkylation sites (tertiary alicyclic amines) is 1. The van der Waals surface area contributed by atoms with Crippen molar-refractivity contribution in [3.05, 3.63) is 95.4 Å². The lowest BCUT2D eigenvalue weighted by Crippen LogP contribution is -2.52. The number of aromatic amines is 1. The molecule has 8 nitrogen and oxygen atoms in total. The van der Waals surface area contributed by atoms with E-state index < -0.39 is 29.5 Å². The molecule has 3 atom stereocenters. The third kappa shape index (κ3) is 7.05. The largest absolute Gasteiger partial charge is 0.450 e. The summed E-state index contributed by atoms with van der Waals surface area (Å²) in [5, 5.41) is 16.2. The number of carbonyl (C=O) groups is 2. The van der Waals surface area contributed by atoms with Crippen molar-refractivity contribution in [3.8, 4) is 11.1 Å². The molecule has 9 heteroatoms. The number of alkyl carbamates (subject to hydrolysis) is 1. The summed E-state index contributed by atoms with van der Waals surface area (Å²) < 4.78 is 21.0. The van der Waals surface area contributed by atoms with Crippen LogP contribution >= 0.6 is 0 Å². The summed E-state index contributed by atoms with van der Waals surface area (Å²) in [6.45, 7) is 2.93. The van der Waals surface area contributed by atoms with Gasteiger partial charge in [-0.3, -0.25) is 4.79 Å². The molecular weight excluding hydrogens is 571 g/mol. The number of aliphatic hydroxyl groups is 1. The Balaban J connectivity index is 1.44. The number of nitrogens with two attached hydrogens (primary N) is 1. The molecule has 0 saturated carbocycles. The highest BCUT2D eigenvalue weighted by Crippen LogP contribution is 2.44. The Morgan fingerprint density at radius 1 is 1.18 bits per heavy atom. The number of halogens is 1. The molecule has 1 aliphatic rings. The Morgan fingerprint density at radius 3 is 2.78 bits per heavy atom. The van der Waals surface area contributed by atoms with Crippen molar-refractivity contribution in [3.63, 3.8) is 0 Å². The Kier molecular flexibility index (Phi) is 10.2. The van der Waals surface area contributed by atoms with Crippen LogP contribution in [0.3, 0.4) is 0 Å². The number of aryl methyl sites for hydroxylation is 1. The number of hydrogen-bond donors (Lipinski definition) is 4. The number of ether oxygens (including phenoxy) is 1. The van der Waals surface area contributed by atoms with Gasteiger partial charge in [-0.25, -0.2) is 9.18 Å². The third-order valence-corrected chi connectivity index (χ3v) is 9.08. The van der Waals surface area contributed by atoms with Crippen LogP contribution in [0.25, 0.3) is 22.0 Å². The second kappa shape index (κ2) is 14.3. The summed E-state index contributed by atoms with van der Waals surface area (Å²) >= 11 is 0. The van der Waals surface area contributed by atoms with Gasteiger partial charge in [-0.2, -0.15) is 0 Å². The normalized spacial score (nSPS) is 17.1.